The molecule has 0 atom stereocenters. The Balaban J connectivity index is 1.68. The van der Waals surface area contributed by atoms with Crippen LogP contribution < -0.4 is 5.84 Å². The van der Waals surface area contributed by atoms with Crippen LogP contribution in [0.15, 0.2) is 36.4 Å². The Morgan fingerprint density at radius 3 is 2.16 bits per heavy atom. The van der Waals surface area contributed by atoms with Crippen molar-refractivity contribution >= 4 is 28.5 Å². The number of hydroxylamine groups is 1. The highest BCUT2D eigenvalue weighted by molar-refractivity contribution is 6.25. The average Bonchev–Trinajstić information content (AvgIpc) is 2.61. The fourth-order valence-electron chi connectivity index (χ4n) is 3.12. The Bertz CT molecular complexity index is 797. The van der Waals surface area contributed by atoms with Crippen molar-refractivity contribution in [2.75, 3.05) is 6.54 Å². The maximum atomic E-state index is 12.7. The van der Waals surface area contributed by atoms with Gasteiger partial charge in [0.15, 0.2) is 0 Å². The quantitative estimate of drug-likeness (QED) is 0.209. The lowest BCUT2D eigenvalue weighted by Gasteiger charge is -2.27. The number of carbonyl (C=O) groups is 3. The van der Waals surface area contributed by atoms with Crippen LogP contribution in [0.5, 0.6) is 0 Å². The highest BCUT2D eigenvalue weighted by Gasteiger charge is 2.31. The molecular weight excluding hydrogens is 322 g/mol. The molecule has 1 heterocycles. The molecule has 2 aromatic carbocycles. The van der Waals surface area contributed by atoms with Crippen LogP contribution in [0.3, 0.4) is 0 Å². The molecule has 0 unspecified atom stereocenters. The van der Waals surface area contributed by atoms with Gasteiger partial charge in [-0.15, -0.1) is 0 Å². The van der Waals surface area contributed by atoms with Gasteiger partial charge in [0.1, 0.15) is 0 Å². The van der Waals surface area contributed by atoms with E-state index < -0.39 is 5.91 Å². The molecule has 3 N–H and O–H groups in total. The van der Waals surface area contributed by atoms with Crippen molar-refractivity contribution in [2.45, 2.75) is 25.7 Å². The van der Waals surface area contributed by atoms with Crippen LogP contribution in [-0.4, -0.2) is 39.5 Å². The van der Waals surface area contributed by atoms with E-state index in [4.69, 9.17) is 11.0 Å². The number of nitrogens with zero attached hydrogens (tertiary/aromatic N) is 2. The predicted octanol–water partition coefficient (Wildman–Crippen LogP) is 2.09. The second-order valence-electron chi connectivity index (χ2n) is 6.02. The van der Waals surface area contributed by atoms with Crippen LogP contribution in [0.2, 0.25) is 0 Å². The summed E-state index contributed by atoms with van der Waals surface area (Å²) in [4.78, 5) is 37.8. The number of imide groups is 1. The van der Waals surface area contributed by atoms with Crippen LogP contribution in [0.4, 0.5) is 0 Å². The molecule has 1 aliphatic heterocycles. The summed E-state index contributed by atoms with van der Waals surface area (Å²) < 4.78 is 0. The predicted molar refractivity (Wildman–Crippen MR) is 90.6 cm³/mol. The molecule has 0 aliphatic carbocycles. The first-order chi connectivity index (χ1) is 12.0. The van der Waals surface area contributed by atoms with Crippen molar-refractivity contribution < 1.29 is 19.6 Å². The molecule has 0 fully saturated rings. The number of hydrogen-bond acceptors (Lipinski definition) is 5. The largest absolute Gasteiger partial charge is 0.274 e. The molecule has 3 amide bonds. The van der Waals surface area contributed by atoms with E-state index in [0.717, 1.165) is 5.39 Å². The van der Waals surface area contributed by atoms with Crippen molar-refractivity contribution in [1.82, 2.24) is 10.1 Å². The minimum Gasteiger partial charge on any atom is -0.274 e. The van der Waals surface area contributed by atoms with Gasteiger partial charge in [-0.25, -0.2) is 5.84 Å². The van der Waals surface area contributed by atoms with Gasteiger partial charge in [0.05, 0.1) is 0 Å². The zero-order valence-electron chi connectivity index (χ0n) is 13.6. The van der Waals surface area contributed by atoms with E-state index in [9.17, 15) is 14.4 Å². The normalized spacial score (nSPS) is 13.4. The molecule has 0 bridgehead atoms. The SMILES string of the molecule is NN(O)C(=O)CCCCCN1C(=O)c2cccc3cccc(c23)C1=O. The number of benzene rings is 2. The van der Waals surface area contributed by atoms with Crippen molar-refractivity contribution in [3.63, 3.8) is 0 Å². The van der Waals surface area contributed by atoms with E-state index in [1.54, 1.807) is 12.1 Å². The van der Waals surface area contributed by atoms with Crippen molar-refractivity contribution in [1.29, 1.82) is 0 Å². The van der Waals surface area contributed by atoms with Crippen LogP contribution in [0, 0.1) is 0 Å². The van der Waals surface area contributed by atoms with E-state index in [2.05, 4.69) is 0 Å². The van der Waals surface area contributed by atoms with Crippen LogP contribution in [0.25, 0.3) is 10.8 Å². The van der Waals surface area contributed by atoms with Gasteiger partial charge < -0.3 is 0 Å². The minimum absolute atomic E-state index is 0.0786. The van der Waals surface area contributed by atoms with Gasteiger partial charge in [0.2, 0.25) is 0 Å². The molecule has 7 nitrogen and oxygen atoms in total. The summed E-state index contributed by atoms with van der Waals surface area (Å²) in [5.74, 6) is 3.80. The monoisotopic (exact) mass is 341 g/mol. The first-order valence-electron chi connectivity index (χ1n) is 8.15. The summed E-state index contributed by atoms with van der Waals surface area (Å²) in [6.07, 6.45) is 1.87. The molecule has 0 spiro atoms. The highest BCUT2D eigenvalue weighted by atomic mass is 16.5. The topological polar surface area (TPSA) is 104 Å². The number of unbranched alkanes of at least 4 members (excludes halogenated alkanes) is 2. The molecule has 130 valence electrons. The molecule has 0 saturated heterocycles. The van der Waals surface area contributed by atoms with E-state index in [1.807, 2.05) is 24.3 Å². The lowest BCUT2D eigenvalue weighted by molar-refractivity contribution is -0.166. The zero-order chi connectivity index (χ0) is 18.0. The number of rotatable bonds is 6. The molecule has 25 heavy (non-hydrogen) atoms. The van der Waals surface area contributed by atoms with Crippen molar-refractivity contribution in [3.05, 3.63) is 47.5 Å². The summed E-state index contributed by atoms with van der Waals surface area (Å²) in [6, 6.07) is 10.9. The molecule has 7 heteroatoms. The molecule has 3 rings (SSSR count). The maximum absolute atomic E-state index is 12.7. The van der Waals surface area contributed by atoms with Gasteiger partial charge in [0.25, 0.3) is 17.7 Å². The average molecular weight is 341 g/mol. The lowest BCUT2D eigenvalue weighted by atomic mass is 9.94. The van der Waals surface area contributed by atoms with E-state index in [-0.39, 0.29) is 23.4 Å². The van der Waals surface area contributed by atoms with Crippen molar-refractivity contribution in [2.24, 2.45) is 5.84 Å². The molecule has 0 saturated carbocycles. The molecule has 2 aromatic rings. The first kappa shape index (κ1) is 17.1. The summed E-state index contributed by atoms with van der Waals surface area (Å²) >= 11 is 0. The van der Waals surface area contributed by atoms with Crippen LogP contribution in [-0.2, 0) is 4.79 Å². The summed E-state index contributed by atoms with van der Waals surface area (Å²) in [5.41, 5.74) is 1.09. The Labute approximate surface area is 144 Å². The Hall–Kier alpha value is -2.77. The third-order valence-electron chi connectivity index (χ3n) is 4.38. The number of nitrogens with two attached hydrogens (primary N) is 1. The fourth-order valence-corrected chi connectivity index (χ4v) is 3.12. The van der Waals surface area contributed by atoms with Crippen molar-refractivity contribution in [3.8, 4) is 0 Å². The maximum Gasteiger partial charge on any atom is 0.261 e. The zero-order valence-corrected chi connectivity index (χ0v) is 13.6. The molecule has 0 aromatic heterocycles. The highest BCUT2D eigenvalue weighted by Crippen LogP contribution is 2.30. The Kier molecular flexibility index (Phi) is 4.78. The molecule has 0 radical (unpaired) electrons. The van der Waals surface area contributed by atoms with E-state index >= 15 is 0 Å². The number of hydrogen-bond donors (Lipinski definition) is 2. The van der Waals surface area contributed by atoms with E-state index in [0.29, 0.717) is 42.3 Å². The third kappa shape index (κ3) is 3.24. The van der Waals surface area contributed by atoms with Gasteiger partial charge >= 0.3 is 0 Å². The van der Waals surface area contributed by atoms with Gasteiger partial charge in [-0.3, -0.25) is 24.5 Å². The summed E-state index contributed by atoms with van der Waals surface area (Å²) in [6.45, 7) is 0.294. The van der Waals surface area contributed by atoms with E-state index in [1.165, 1.54) is 4.90 Å². The van der Waals surface area contributed by atoms with Gasteiger partial charge in [-0.2, -0.15) is 5.17 Å². The van der Waals surface area contributed by atoms with Crippen LogP contribution in [0.1, 0.15) is 46.4 Å². The fraction of sp³-hybridized carbons (Fsp3) is 0.278. The Morgan fingerprint density at radius 2 is 1.60 bits per heavy atom. The number of carbonyl (C=O) groups excluding carboxylic acids is 3. The molecule has 1 aliphatic rings. The van der Waals surface area contributed by atoms with Gasteiger partial charge in [-0.05, 0) is 30.4 Å². The number of hydrazine groups is 1. The molecular formula is C18H19N3O4. The van der Waals surface area contributed by atoms with Gasteiger partial charge in [0, 0.05) is 29.5 Å². The third-order valence-corrected chi connectivity index (χ3v) is 4.38. The standard InChI is InChI=1S/C18H19N3O4/c19-21(25)15(22)10-2-1-3-11-20-17(23)13-8-4-6-12-7-5-9-14(16(12)13)18(20)24/h4-9,25H,1-3,10-11,19H2. The first-order valence-corrected chi connectivity index (χ1v) is 8.15. The smallest absolute Gasteiger partial charge is 0.261 e. The second kappa shape index (κ2) is 7.00. The lowest BCUT2D eigenvalue weighted by Crippen LogP contribution is -2.40. The van der Waals surface area contributed by atoms with Crippen LogP contribution >= 0.6 is 0 Å². The summed E-state index contributed by atoms with van der Waals surface area (Å²) in [7, 11) is 0. The number of amides is 3. The minimum atomic E-state index is -0.564. The second-order valence-corrected chi connectivity index (χ2v) is 6.02. The summed E-state index contributed by atoms with van der Waals surface area (Å²) in [5, 5.41) is 10.5. The Morgan fingerprint density at radius 1 is 1.00 bits per heavy atom. The van der Waals surface area contributed by atoms with Gasteiger partial charge in [-0.1, -0.05) is 30.7 Å².